The molecule has 6 nitrogen and oxygen atoms in total. The number of carbonyl (C=O) groups excluding carboxylic acids is 2. The van der Waals surface area contributed by atoms with Gasteiger partial charge in [-0.25, -0.2) is 9.59 Å². The van der Waals surface area contributed by atoms with Crippen LogP contribution in [0.5, 0.6) is 0 Å². The summed E-state index contributed by atoms with van der Waals surface area (Å²) in [5.41, 5.74) is 9.84. The Balaban J connectivity index is 1.85. The number of fused-ring (bicyclic) bond motifs is 5. The maximum atomic E-state index is 11.0. The molecule has 0 radical (unpaired) electrons. The van der Waals surface area contributed by atoms with Crippen molar-refractivity contribution in [3.8, 4) is 0 Å². The van der Waals surface area contributed by atoms with Crippen LogP contribution in [0.3, 0.4) is 0 Å². The molecule has 3 aliphatic carbocycles. The van der Waals surface area contributed by atoms with Gasteiger partial charge in [0.2, 0.25) is 0 Å². The molecular formula is C13H16N2O4. The van der Waals surface area contributed by atoms with Gasteiger partial charge >= 0.3 is 12.2 Å². The van der Waals surface area contributed by atoms with Gasteiger partial charge in [0, 0.05) is 11.3 Å². The van der Waals surface area contributed by atoms with Gasteiger partial charge in [-0.3, -0.25) is 0 Å². The number of amides is 2. The number of carbonyl (C=O) groups is 2. The zero-order valence-corrected chi connectivity index (χ0v) is 10.3. The highest BCUT2D eigenvalue weighted by Crippen LogP contribution is 2.61. The van der Waals surface area contributed by atoms with Crippen molar-refractivity contribution >= 4 is 12.2 Å². The van der Waals surface area contributed by atoms with Crippen molar-refractivity contribution in [3.63, 3.8) is 0 Å². The molecule has 0 spiro atoms. The van der Waals surface area contributed by atoms with Gasteiger partial charge in [-0.1, -0.05) is 18.2 Å². The SMILES string of the molecule is NC(=O)OC[C@]12C=C[C@@H](OC(N)=O)C1C1C=CC2C1. The van der Waals surface area contributed by atoms with Crippen LogP contribution in [-0.2, 0) is 9.47 Å². The number of hydrogen-bond donors (Lipinski definition) is 2. The molecule has 0 aromatic rings. The fraction of sp³-hybridized carbons (Fsp3) is 0.538. The van der Waals surface area contributed by atoms with Crippen molar-refractivity contribution in [3.05, 3.63) is 24.3 Å². The first-order chi connectivity index (χ1) is 9.03. The lowest BCUT2D eigenvalue weighted by Gasteiger charge is -2.37. The van der Waals surface area contributed by atoms with Crippen molar-refractivity contribution in [1.82, 2.24) is 0 Å². The van der Waals surface area contributed by atoms with E-state index < -0.39 is 12.2 Å². The Kier molecular flexibility index (Phi) is 2.55. The fourth-order valence-electron chi connectivity index (χ4n) is 3.91. The Bertz CT molecular complexity index is 487. The molecule has 3 rings (SSSR count). The van der Waals surface area contributed by atoms with Gasteiger partial charge in [0.05, 0.1) is 0 Å². The van der Waals surface area contributed by atoms with E-state index in [4.69, 9.17) is 20.9 Å². The molecule has 4 N–H and O–H groups in total. The number of rotatable bonds is 3. The van der Waals surface area contributed by atoms with Crippen LogP contribution in [0.15, 0.2) is 24.3 Å². The molecule has 2 bridgehead atoms. The van der Waals surface area contributed by atoms with E-state index in [0.29, 0.717) is 11.8 Å². The smallest absolute Gasteiger partial charge is 0.405 e. The van der Waals surface area contributed by atoms with Crippen molar-refractivity contribution in [2.75, 3.05) is 6.61 Å². The average molecular weight is 264 g/mol. The van der Waals surface area contributed by atoms with Gasteiger partial charge in [0.15, 0.2) is 0 Å². The molecule has 0 aromatic carbocycles. The summed E-state index contributed by atoms with van der Waals surface area (Å²) < 4.78 is 10.2. The maximum Gasteiger partial charge on any atom is 0.405 e. The molecule has 1 fully saturated rings. The largest absolute Gasteiger partial charge is 0.449 e. The molecule has 0 heterocycles. The van der Waals surface area contributed by atoms with E-state index in [9.17, 15) is 9.59 Å². The molecule has 3 aliphatic rings. The highest BCUT2D eigenvalue weighted by molar-refractivity contribution is 5.65. The summed E-state index contributed by atoms with van der Waals surface area (Å²) in [4.78, 5) is 21.8. The number of hydrogen-bond acceptors (Lipinski definition) is 4. The van der Waals surface area contributed by atoms with E-state index in [-0.39, 0.29) is 24.0 Å². The lowest BCUT2D eigenvalue weighted by Crippen LogP contribution is -2.41. The van der Waals surface area contributed by atoms with E-state index in [1.165, 1.54) is 0 Å². The lowest BCUT2D eigenvalue weighted by atomic mass is 9.70. The topological polar surface area (TPSA) is 105 Å². The highest BCUT2D eigenvalue weighted by atomic mass is 16.6. The number of primary amides is 2. The van der Waals surface area contributed by atoms with E-state index in [0.717, 1.165) is 6.42 Å². The molecule has 2 amide bonds. The van der Waals surface area contributed by atoms with E-state index in [1.54, 1.807) is 0 Å². The van der Waals surface area contributed by atoms with Crippen LogP contribution in [0.25, 0.3) is 0 Å². The molecule has 0 aromatic heterocycles. The van der Waals surface area contributed by atoms with Crippen molar-refractivity contribution in [2.45, 2.75) is 12.5 Å². The Morgan fingerprint density at radius 1 is 1.21 bits per heavy atom. The first kappa shape index (κ1) is 12.1. The predicted octanol–water partition coefficient (Wildman–Crippen LogP) is 0.924. The summed E-state index contributed by atoms with van der Waals surface area (Å²) in [6.07, 6.45) is 7.17. The zero-order valence-electron chi connectivity index (χ0n) is 10.3. The van der Waals surface area contributed by atoms with Crippen LogP contribution >= 0.6 is 0 Å². The first-order valence-corrected chi connectivity index (χ1v) is 6.29. The van der Waals surface area contributed by atoms with Crippen LogP contribution in [-0.4, -0.2) is 24.9 Å². The Morgan fingerprint density at radius 2 is 2.00 bits per heavy atom. The minimum atomic E-state index is -0.785. The second kappa shape index (κ2) is 4.01. The monoisotopic (exact) mass is 264 g/mol. The summed E-state index contributed by atoms with van der Waals surface area (Å²) >= 11 is 0. The molecule has 6 heteroatoms. The number of nitrogens with two attached hydrogens (primary N) is 2. The minimum Gasteiger partial charge on any atom is -0.449 e. The molecule has 0 saturated heterocycles. The van der Waals surface area contributed by atoms with Crippen molar-refractivity contribution in [2.24, 2.45) is 34.6 Å². The second-order valence-electron chi connectivity index (χ2n) is 5.40. The predicted molar refractivity (Wildman–Crippen MR) is 65.8 cm³/mol. The Hall–Kier alpha value is -1.98. The number of allylic oxidation sites excluding steroid dienone is 2. The van der Waals surface area contributed by atoms with Crippen LogP contribution in [0, 0.1) is 23.2 Å². The minimum absolute atomic E-state index is 0.0781. The van der Waals surface area contributed by atoms with Gasteiger partial charge in [-0.2, -0.15) is 0 Å². The quantitative estimate of drug-likeness (QED) is 0.739. The lowest BCUT2D eigenvalue weighted by molar-refractivity contribution is 0.0239. The normalized spacial score (nSPS) is 41.3. The summed E-state index contributed by atoms with van der Waals surface area (Å²) in [5, 5.41) is 0. The van der Waals surface area contributed by atoms with Gasteiger partial charge in [0.25, 0.3) is 0 Å². The van der Waals surface area contributed by atoms with Crippen LogP contribution < -0.4 is 11.5 Å². The zero-order chi connectivity index (χ0) is 13.6. The third-order valence-corrected chi connectivity index (χ3v) is 4.56. The van der Waals surface area contributed by atoms with E-state index in [1.807, 2.05) is 12.2 Å². The Morgan fingerprint density at radius 3 is 2.68 bits per heavy atom. The molecule has 1 saturated carbocycles. The van der Waals surface area contributed by atoms with E-state index in [2.05, 4.69) is 12.2 Å². The number of ether oxygens (including phenoxy) is 2. The van der Waals surface area contributed by atoms with Gasteiger partial charge in [-0.05, 0) is 24.3 Å². The van der Waals surface area contributed by atoms with Crippen LogP contribution in [0.4, 0.5) is 9.59 Å². The summed E-state index contributed by atoms with van der Waals surface area (Å²) in [5.74, 6) is 0.690. The van der Waals surface area contributed by atoms with E-state index >= 15 is 0 Å². The van der Waals surface area contributed by atoms with Crippen LogP contribution in [0.2, 0.25) is 0 Å². The third kappa shape index (κ3) is 1.70. The highest BCUT2D eigenvalue weighted by Gasteiger charge is 2.60. The second-order valence-corrected chi connectivity index (χ2v) is 5.40. The van der Waals surface area contributed by atoms with Gasteiger partial charge in [-0.15, -0.1) is 0 Å². The molecular weight excluding hydrogens is 248 g/mol. The maximum absolute atomic E-state index is 11.0. The molecule has 3 unspecified atom stereocenters. The third-order valence-electron chi connectivity index (χ3n) is 4.56. The molecule has 0 aliphatic heterocycles. The van der Waals surface area contributed by atoms with Gasteiger partial charge in [0.1, 0.15) is 12.7 Å². The molecule has 102 valence electrons. The first-order valence-electron chi connectivity index (χ1n) is 6.29. The Labute approximate surface area is 110 Å². The fourth-order valence-corrected chi connectivity index (χ4v) is 3.91. The van der Waals surface area contributed by atoms with Crippen molar-refractivity contribution < 1.29 is 19.1 Å². The van der Waals surface area contributed by atoms with Gasteiger partial charge < -0.3 is 20.9 Å². The average Bonchev–Trinajstić information content (AvgIpc) is 2.98. The summed E-state index contributed by atoms with van der Waals surface area (Å²) in [7, 11) is 0. The summed E-state index contributed by atoms with van der Waals surface area (Å²) in [6, 6.07) is 0. The van der Waals surface area contributed by atoms with Crippen molar-refractivity contribution in [1.29, 1.82) is 0 Å². The molecule has 5 atom stereocenters. The van der Waals surface area contributed by atoms with Crippen LogP contribution in [0.1, 0.15) is 6.42 Å². The summed E-state index contributed by atoms with van der Waals surface area (Å²) in [6.45, 7) is 0.216. The molecule has 19 heavy (non-hydrogen) atoms. The standard InChI is InChI=1S/C13H16N2O4/c14-11(16)18-6-13-4-3-9(19-12(15)17)10(13)7-1-2-8(13)5-7/h1-4,7-10H,5-6H2,(H2,14,16)(H2,15,17)/t7?,8?,9-,10?,13+/m1/s1.